The van der Waals surface area contributed by atoms with Gasteiger partial charge in [0, 0.05) is 23.3 Å². The Morgan fingerprint density at radius 1 is 1.42 bits per heavy atom. The van der Waals surface area contributed by atoms with Gasteiger partial charge in [0.2, 0.25) is 0 Å². The quantitative estimate of drug-likeness (QED) is 0.478. The van der Waals surface area contributed by atoms with Crippen molar-refractivity contribution >= 4 is 22.8 Å². The molecule has 0 unspecified atom stereocenters. The lowest BCUT2D eigenvalue weighted by Crippen LogP contribution is -2.06. The molecule has 0 saturated carbocycles. The average Bonchev–Trinajstić information content (AvgIpc) is 2.45. The average molecular weight is 252 g/mol. The van der Waals surface area contributed by atoms with Crippen LogP contribution in [0.25, 0.3) is 16.8 Å². The summed E-state index contributed by atoms with van der Waals surface area (Å²) in [6, 6.07) is 9.51. The van der Waals surface area contributed by atoms with Gasteiger partial charge in [-0.25, -0.2) is 4.79 Å². The maximum atomic E-state index is 11.6. The number of esters is 1. The lowest BCUT2D eigenvalue weighted by Gasteiger charge is -2.03. The fraction of sp³-hybridized carbons (Fsp3) is 0.133. The van der Waals surface area contributed by atoms with Crippen LogP contribution in [0.5, 0.6) is 0 Å². The number of nitriles is 1. The molecule has 0 amide bonds. The minimum atomic E-state index is -0.613. The zero-order valence-electron chi connectivity index (χ0n) is 10.5. The van der Waals surface area contributed by atoms with Crippen molar-refractivity contribution in [2.75, 3.05) is 6.61 Å². The highest BCUT2D eigenvalue weighted by atomic mass is 16.5. The molecule has 1 heterocycles. The largest absolute Gasteiger partial charge is 0.462 e. The fourth-order valence-corrected chi connectivity index (χ4v) is 1.76. The summed E-state index contributed by atoms with van der Waals surface area (Å²) < 4.78 is 4.83. The van der Waals surface area contributed by atoms with Crippen LogP contribution in [0, 0.1) is 11.3 Å². The number of pyridine rings is 1. The van der Waals surface area contributed by atoms with Gasteiger partial charge in [-0.1, -0.05) is 24.3 Å². The van der Waals surface area contributed by atoms with Gasteiger partial charge in [0.1, 0.15) is 11.6 Å². The summed E-state index contributed by atoms with van der Waals surface area (Å²) in [6.45, 7) is 1.94. The normalized spacial score (nSPS) is 11.1. The van der Waals surface area contributed by atoms with Crippen LogP contribution >= 0.6 is 0 Å². The summed E-state index contributed by atoms with van der Waals surface area (Å²) in [5, 5.41) is 10.9. The van der Waals surface area contributed by atoms with Crippen molar-refractivity contribution in [1.82, 2.24) is 4.98 Å². The molecule has 4 heteroatoms. The Morgan fingerprint density at radius 2 is 2.21 bits per heavy atom. The minimum absolute atomic E-state index is 0.0278. The Balaban J connectivity index is 2.50. The summed E-state index contributed by atoms with van der Waals surface area (Å²) in [4.78, 5) is 15.7. The minimum Gasteiger partial charge on any atom is -0.462 e. The molecule has 2 rings (SSSR count). The molecule has 1 aromatic carbocycles. The molecular formula is C15H12N2O2. The summed E-state index contributed by atoms with van der Waals surface area (Å²) >= 11 is 0. The van der Waals surface area contributed by atoms with Gasteiger partial charge in [0.25, 0.3) is 0 Å². The highest BCUT2D eigenvalue weighted by molar-refractivity contribution is 6.01. The highest BCUT2D eigenvalue weighted by Gasteiger charge is 2.10. The van der Waals surface area contributed by atoms with E-state index in [1.807, 2.05) is 30.3 Å². The molecule has 4 nitrogen and oxygen atoms in total. The number of carbonyl (C=O) groups is 1. The highest BCUT2D eigenvalue weighted by Crippen LogP contribution is 2.19. The van der Waals surface area contributed by atoms with Crippen LogP contribution in [0.4, 0.5) is 0 Å². The Morgan fingerprint density at radius 3 is 2.95 bits per heavy atom. The van der Waals surface area contributed by atoms with Crippen LogP contribution in [-0.2, 0) is 9.53 Å². The van der Waals surface area contributed by atoms with Gasteiger partial charge in [-0.05, 0) is 18.4 Å². The van der Waals surface area contributed by atoms with Crippen LogP contribution < -0.4 is 0 Å². The first-order valence-electron chi connectivity index (χ1n) is 5.88. The SMILES string of the molecule is CCOC(=O)/C(C#N)=C/c1cncc2ccccc12. The number of ether oxygens (including phenoxy) is 1. The number of rotatable bonds is 3. The van der Waals surface area contributed by atoms with Crippen molar-refractivity contribution in [3.8, 4) is 6.07 Å². The zero-order valence-corrected chi connectivity index (χ0v) is 10.5. The van der Waals surface area contributed by atoms with Crippen molar-refractivity contribution in [1.29, 1.82) is 5.26 Å². The van der Waals surface area contributed by atoms with E-state index in [1.165, 1.54) is 6.08 Å². The van der Waals surface area contributed by atoms with Crippen LogP contribution in [-0.4, -0.2) is 17.6 Å². The maximum absolute atomic E-state index is 11.6. The van der Waals surface area contributed by atoms with Gasteiger partial charge < -0.3 is 4.74 Å². The zero-order chi connectivity index (χ0) is 13.7. The lowest BCUT2D eigenvalue weighted by molar-refractivity contribution is -0.137. The molecular weight excluding hydrogens is 240 g/mol. The second kappa shape index (κ2) is 5.78. The molecule has 0 bridgehead atoms. The molecule has 0 aliphatic rings. The predicted molar refractivity (Wildman–Crippen MR) is 72.0 cm³/mol. The van der Waals surface area contributed by atoms with Crippen LogP contribution in [0.2, 0.25) is 0 Å². The molecule has 0 N–H and O–H groups in total. The van der Waals surface area contributed by atoms with Gasteiger partial charge in [-0.2, -0.15) is 5.26 Å². The Bertz CT molecular complexity index is 679. The molecule has 94 valence electrons. The number of carbonyl (C=O) groups excluding carboxylic acids is 1. The third-order valence-corrected chi connectivity index (χ3v) is 2.61. The molecule has 0 radical (unpaired) electrons. The van der Waals surface area contributed by atoms with E-state index in [-0.39, 0.29) is 12.2 Å². The summed E-state index contributed by atoms with van der Waals surface area (Å²) in [7, 11) is 0. The van der Waals surface area contributed by atoms with Gasteiger partial charge >= 0.3 is 5.97 Å². The van der Waals surface area contributed by atoms with Crippen LogP contribution in [0.15, 0.2) is 42.2 Å². The van der Waals surface area contributed by atoms with E-state index in [1.54, 1.807) is 19.3 Å². The van der Waals surface area contributed by atoms with Crippen molar-refractivity contribution < 1.29 is 9.53 Å². The summed E-state index contributed by atoms with van der Waals surface area (Å²) in [6.07, 6.45) is 4.87. The van der Waals surface area contributed by atoms with E-state index >= 15 is 0 Å². The van der Waals surface area contributed by atoms with Gasteiger partial charge in [0.05, 0.1) is 6.61 Å². The first-order chi connectivity index (χ1) is 9.26. The predicted octanol–water partition coefficient (Wildman–Crippen LogP) is 2.70. The fourth-order valence-electron chi connectivity index (χ4n) is 1.76. The van der Waals surface area contributed by atoms with Crippen LogP contribution in [0.1, 0.15) is 12.5 Å². The number of aromatic nitrogens is 1. The molecule has 0 aliphatic carbocycles. The first-order valence-corrected chi connectivity index (χ1v) is 5.88. The van der Waals surface area contributed by atoms with E-state index in [0.29, 0.717) is 0 Å². The monoisotopic (exact) mass is 252 g/mol. The topological polar surface area (TPSA) is 63.0 Å². The molecule has 19 heavy (non-hydrogen) atoms. The van der Waals surface area contributed by atoms with E-state index in [4.69, 9.17) is 10.00 Å². The van der Waals surface area contributed by atoms with Crippen molar-refractivity contribution in [2.24, 2.45) is 0 Å². The standard InChI is InChI=1S/C15H12N2O2/c1-2-19-15(18)12(8-16)7-13-10-17-9-11-5-3-4-6-14(11)13/h3-7,9-10H,2H2,1H3/b12-7+. The van der Waals surface area contributed by atoms with Gasteiger partial charge in [0.15, 0.2) is 0 Å². The van der Waals surface area contributed by atoms with Crippen molar-refractivity contribution in [2.45, 2.75) is 6.92 Å². The molecule has 0 saturated heterocycles. The number of hydrogen-bond acceptors (Lipinski definition) is 4. The number of hydrogen-bond donors (Lipinski definition) is 0. The van der Waals surface area contributed by atoms with Crippen molar-refractivity contribution in [3.05, 3.63) is 47.8 Å². The Hall–Kier alpha value is -2.67. The number of nitrogens with zero attached hydrogens (tertiary/aromatic N) is 2. The van der Waals surface area contributed by atoms with E-state index in [2.05, 4.69) is 4.98 Å². The third kappa shape index (κ3) is 2.78. The maximum Gasteiger partial charge on any atom is 0.348 e. The second-order valence-electron chi connectivity index (χ2n) is 3.84. The number of fused-ring (bicyclic) bond motifs is 1. The van der Waals surface area contributed by atoms with E-state index < -0.39 is 5.97 Å². The third-order valence-electron chi connectivity index (χ3n) is 2.61. The molecule has 0 fully saturated rings. The molecule has 0 atom stereocenters. The molecule has 0 spiro atoms. The van der Waals surface area contributed by atoms with E-state index in [0.717, 1.165) is 16.3 Å². The summed E-state index contributed by atoms with van der Waals surface area (Å²) in [5.74, 6) is -0.613. The van der Waals surface area contributed by atoms with Crippen LogP contribution in [0.3, 0.4) is 0 Å². The van der Waals surface area contributed by atoms with Gasteiger partial charge in [-0.15, -0.1) is 0 Å². The van der Waals surface area contributed by atoms with E-state index in [9.17, 15) is 4.79 Å². The smallest absolute Gasteiger partial charge is 0.348 e. The first kappa shape index (κ1) is 12.8. The molecule has 1 aromatic heterocycles. The Labute approximate surface area is 111 Å². The van der Waals surface area contributed by atoms with Crippen molar-refractivity contribution in [3.63, 3.8) is 0 Å². The number of benzene rings is 1. The second-order valence-corrected chi connectivity index (χ2v) is 3.84. The molecule has 0 aliphatic heterocycles. The Kier molecular flexibility index (Phi) is 3.89. The van der Waals surface area contributed by atoms with Gasteiger partial charge in [-0.3, -0.25) is 4.98 Å². The summed E-state index contributed by atoms with van der Waals surface area (Å²) in [5.41, 5.74) is 0.697. The molecule has 2 aromatic rings. The lowest BCUT2D eigenvalue weighted by atomic mass is 10.1.